The van der Waals surface area contributed by atoms with Gasteiger partial charge in [-0.3, -0.25) is 9.59 Å². The minimum atomic E-state index is -0.685. The second-order valence-corrected chi connectivity index (χ2v) is 11.8. The molecule has 0 radical (unpaired) electrons. The molecule has 0 saturated heterocycles. The van der Waals surface area contributed by atoms with Gasteiger partial charge in [-0.05, 0) is 32.3 Å². The van der Waals surface area contributed by atoms with Crippen molar-refractivity contribution in [3.05, 3.63) is 61.6 Å². The number of carbonyl (C=O) groups excluding carboxylic acids is 3. The first kappa shape index (κ1) is 53.6. The van der Waals surface area contributed by atoms with Crippen molar-refractivity contribution in [2.75, 3.05) is 72.6 Å². The van der Waals surface area contributed by atoms with E-state index in [0.717, 1.165) is 24.8 Å². The number of nitrogens with two attached hydrogens (primary N) is 1. The van der Waals surface area contributed by atoms with E-state index in [1.54, 1.807) is 0 Å². The van der Waals surface area contributed by atoms with Crippen LogP contribution >= 0.6 is 0 Å². The number of ketones is 1. The van der Waals surface area contributed by atoms with Gasteiger partial charge in [-0.1, -0.05) is 77.0 Å². The fraction of sp³-hybridized carbons (Fsp3) is 0.667. The zero-order valence-corrected chi connectivity index (χ0v) is 36.7. The van der Waals surface area contributed by atoms with E-state index in [4.69, 9.17) is 29.4 Å². The van der Waals surface area contributed by atoms with E-state index in [9.17, 15) is 14.4 Å². The first-order chi connectivity index (χ1) is 23.9. The summed E-state index contributed by atoms with van der Waals surface area (Å²) in [6, 6.07) is 0. The van der Waals surface area contributed by atoms with Crippen LogP contribution in [0, 0.1) is 50.9 Å². The number of nitrogens with one attached hydrogen (secondary N) is 2. The van der Waals surface area contributed by atoms with E-state index in [1.165, 1.54) is 0 Å². The Labute approximate surface area is 333 Å². The van der Waals surface area contributed by atoms with Gasteiger partial charge >= 0.3 is 31.1 Å². The average molecular weight is 946 g/mol. The van der Waals surface area contributed by atoms with Crippen molar-refractivity contribution in [2.24, 2.45) is 11.7 Å². The Morgan fingerprint density at radius 3 is 1.88 bits per heavy atom. The van der Waals surface area contributed by atoms with Crippen LogP contribution in [0.25, 0.3) is 0 Å². The van der Waals surface area contributed by atoms with E-state index in [0.29, 0.717) is 103 Å². The second kappa shape index (κ2) is 36.6. The van der Waals surface area contributed by atoms with Crippen molar-refractivity contribution >= 4 is 17.6 Å². The van der Waals surface area contributed by atoms with E-state index in [-0.39, 0.29) is 61.0 Å². The molecule has 0 aromatic heterocycles. The van der Waals surface area contributed by atoms with Gasteiger partial charge in [-0.15, -0.1) is 6.42 Å². The number of allylic oxidation sites excluding steroid dienone is 4. The van der Waals surface area contributed by atoms with Gasteiger partial charge in [0, 0.05) is 43.2 Å². The molecule has 0 aliphatic carbocycles. The van der Waals surface area contributed by atoms with Crippen molar-refractivity contribution in [2.45, 2.75) is 92.0 Å². The van der Waals surface area contributed by atoms with Crippen LogP contribution in [0.1, 0.15) is 86.5 Å². The third-order valence-electron chi connectivity index (χ3n) is 7.38. The first-order valence-corrected chi connectivity index (χ1v) is 18.0. The van der Waals surface area contributed by atoms with Gasteiger partial charge in [0.1, 0.15) is 5.78 Å². The van der Waals surface area contributed by atoms with E-state index in [2.05, 4.69) is 51.0 Å². The zero-order chi connectivity index (χ0) is 38.0. The molecular weight excluding hydrogens is 876 g/mol. The maximum absolute atomic E-state index is 12.5. The number of carbonyl (C=O) groups is 3. The van der Waals surface area contributed by atoms with E-state index >= 15 is 0 Å². The maximum atomic E-state index is 12.5. The quantitative estimate of drug-likeness (QED) is 0.0362. The molecule has 0 bridgehead atoms. The summed E-state index contributed by atoms with van der Waals surface area (Å²) in [5.74, 6) is 0.231. The smallest absolute Gasteiger partial charge is 0.402 e. The van der Waals surface area contributed by atoms with Crippen LogP contribution in [0.5, 0.6) is 0 Å². The van der Waals surface area contributed by atoms with E-state index < -0.39 is 5.54 Å². The molecule has 2 atom stereocenters. The van der Waals surface area contributed by atoms with Gasteiger partial charge < -0.3 is 58.7 Å². The summed E-state index contributed by atoms with van der Waals surface area (Å²) >= 11 is 0. The van der Waals surface area contributed by atoms with Crippen LogP contribution < -0.4 is 16.4 Å². The molecule has 2 unspecified atom stereocenters. The molecule has 4 N–H and O–H groups in total. The number of hydrogen-bond donors (Lipinski definition) is 3. The standard InChI is InChI=1S/C32H56N3O7.C7H13O.U/c1-7-11-28(9-3)25-29(12-8-2)31(37)34-15-18-39-20-22-41-24-23-40-21-19-38-17-14-30(36)35-32(6,10-4)26-42-16-13-27(5)33;1-4-6(3)7(8)5-2;/h8,11-12,25H,5-7,9-10,13-24,26,33H2,1-4H3,(H,34,37)(H,35,36);6H,2,4-5H2,1,3H3;/q2*-1;+2/b12-8-,28-11+,29-25+;;. The van der Waals surface area contributed by atoms with E-state index in [1.807, 2.05) is 45.9 Å². The van der Waals surface area contributed by atoms with Gasteiger partial charge in [0.2, 0.25) is 5.91 Å². The summed E-state index contributed by atoms with van der Waals surface area (Å²) < 4.78 is 27.5. The summed E-state index contributed by atoms with van der Waals surface area (Å²) in [7, 11) is 0. The largest absolute Gasteiger partial charge is 2.00 e. The number of ether oxygens (including phenoxy) is 5. The Morgan fingerprint density at radius 2 is 1.43 bits per heavy atom. The molecule has 0 fully saturated rings. The minimum absolute atomic E-state index is 0. The van der Waals surface area contributed by atoms with Crippen LogP contribution in [-0.2, 0) is 38.1 Å². The minimum Gasteiger partial charge on any atom is -0.402 e. The van der Waals surface area contributed by atoms with Gasteiger partial charge in [-0.25, -0.2) is 0 Å². The molecule has 0 rings (SSSR count). The van der Waals surface area contributed by atoms with Gasteiger partial charge in [0.25, 0.3) is 5.91 Å². The Kier molecular flexibility index (Phi) is 38.4. The molecule has 0 spiro atoms. The topological polar surface area (TPSA) is 147 Å². The van der Waals surface area contributed by atoms with Crippen molar-refractivity contribution in [3.8, 4) is 0 Å². The maximum Gasteiger partial charge on any atom is 2.00 e. The predicted molar refractivity (Wildman–Crippen MR) is 202 cm³/mol. The first-order valence-electron chi connectivity index (χ1n) is 18.0. The molecule has 0 heterocycles. The third-order valence-corrected chi connectivity index (χ3v) is 7.38. The Bertz CT molecular complexity index is 1020. The molecule has 2 amide bonds. The molecular formula is C39H69N3O8U. The number of rotatable bonds is 30. The van der Waals surface area contributed by atoms with Crippen molar-refractivity contribution < 1.29 is 69.2 Å². The van der Waals surface area contributed by atoms with Crippen LogP contribution in [-0.4, -0.2) is 95.8 Å². The Hall–Kier alpha value is -1.78. The SMILES string of the molecule is C=C(N)CCOCC([CH2-])(CC)NC(=O)CCOCCOCCOCCOCCNC(=O)C(/C=C\C)=C/C(=C/CC)CC.[CH2-]CC(=O)C(C)CC.[U+2]. The molecule has 0 aromatic carbocycles. The zero-order valence-electron chi connectivity index (χ0n) is 32.6. The number of Topliss-reactive ketones (excluding diaryl/α,β-unsaturated/α-hetero) is 1. The van der Waals surface area contributed by atoms with Crippen LogP contribution in [0.3, 0.4) is 0 Å². The van der Waals surface area contributed by atoms with Crippen LogP contribution in [0.15, 0.2) is 47.7 Å². The molecule has 51 heavy (non-hydrogen) atoms. The van der Waals surface area contributed by atoms with Gasteiger partial charge in [-0.2, -0.15) is 0 Å². The molecule has 12 heteroatoms. The number of hydrogen-bond acceptors (Lipinski definition) is 9. The van der Waals surface area contributed by atoms with Gasteiger partial charge in [0.05, 0.1) is 59.5 Å². The molecule has 11 nitrogen and oxygen atoms in total. The third kappa shape index (κ3) is 32.6. The molecule has 292 valence electrons. The second-order valence-electron chi connectivity index (χ2n) is 11.8. The van der Waals surface area contributed by atoms with Crippen molar-refractivity contribution in [1.29, 1.82) is 0 Å². The number of amides is 2. The molecule has 0 aliphatic heterocycles. The molecule has 0 saturated carbocycles. The Balaban J connectivity index is -0.00000226. The summed E-state index contributed by atoms with van der Waals surface area (Å²) in [6.07, 6.45) is 12.4. The molecule has 0 aliphatic rings. The molecule has 0 aromatic rings. The average Bonchev–Trinajstić information content (AvgIpc) is 3.10. The normalized spacial score (nSPS) is 13.4. The fourth-order valence-corrected chi connectivity index (χ4v) is 3.93. The van der Waals surface area contributed by atoms with Crippen molar-refractivity contribution in [3.63, 3.8) is 0 Å². The van der Waals surface area contributed by atoms with Crippen molar-refractivity contribution in [1.82, 2.24) is 10.6 Å². The Morgan fingerprint density at radius 1 is 0.882 bits per heavy atom. The fourth-order valence-electron chi connectivity index (χ4n) is 3.93. The van der Waals surface area contributed by atoms with Crippen LogP contribution in [0.2, 0.25) is 0 Å². The summed E-state index contributed by atoms with van der Waals surface area (Å²) in [4.78, 5) is 35.4. The summed E-state index contributed by atoms with van der Waals surface area (Å²) in [5, 5.41) is 5.80. The predicted octanol–water partition coefficient (Wildman–Crippen LogP) is 5.61. The monoisotopic (exact) mass is 946 g/mol. The summed E-state index contributed by atoms with van der Waals surface area (Å²) in [6.45, 7) is 27.6. The summed E-state index contributed by atoms with van der Waals surface area (Å²) in [5.41, 5.74) is 7.19. The van der Waals surface area contributed by atoms with Crippen LogP contribution in [0.4, 0.5) is 0 Å². The van der Waals surface area contributed by atoms with Gasteiger partial charge in [0.15, 0.2) is 0 Å².